The van der Waals surface area contributed by atoms with Crippen molar-refractivity contribution >= 4 is 39.2 Å². The molecule has 222 valence electrons. The highest BCUT2D eigenvalue weighted by Gasteiger charge is 2.59. The second kappa shape index (κ2) is 12.1. The molecular formula is C33H35Cl2FNO4S+. The van der Waals surface area contributed by atoms with Gasteiger partial charge in [0.25, 0.3) is 10.1 Å². The van der Waals surface area contributed by atoms with Crippen LogP contribution in [0, 0.1) is 24.1 Å². The van der Waals surface area contributed by atoms with Gasteiger partial charge in [-0.15, -0.1) is 6.58 Å². The Morgan fingerprint density at radius 1 is 1.10 bits per heavy atom. The molecule has 0 spiro atoms. The summed E-state index contributed by atoms with van der Waals surface area (Å²) in [5.41, 5.74) is 2.89. The van der Waals surface area contributed by atoms with Gasteiger partial charge in [0.1, 0.15) is 5.82 Å². The van der Waals surface area contributed by atoms with Gasteiger partial charge in [-0.1, -0.05) is 65.2 Å². The summed E-state index contributed by atoms with van der Waals surface area (Å²) in [5.74, 6) is 1.41. The summed E-state index contributed by atoms with van der Waals surface area (Å²) in [6.45, 7) is 8.82. The fraction of sp³-hybridized carbons (Fsp3) is 0.364. The Morgan fingerprint density at radius 2 is 1.81 bits per heavy atom. The zero-order valence-electron chi connectivity index (χ0n) is 23.6. The minimum atomic E-state index is -4.02. The summed E-state index contributed by atoms with van der Waals surface area (Å²) >= 11 is 12.4. The summed E-state index contributed by atoms with van der Waals surface area (Å²) < 4.78 is 53.0. The molecule has 2 heterocycles. The average molecular weight is 632 g/mol. The third-order valence-electron chi connectivity index (χ3n) is 8.49. The summed E-state index contributed by atoms with van der Waals surface area (Å²) in [6, 6.07) is 19.6. The van der Waals surface area contributed by atoms with E-state index in [1.54, 1.807) is 24.3 Å². The molecule has 0 amide bonds. The first kappa shape index (κ1) is 30.7. The zero-order chi connectivity index (χ0) is 30.2. The lowest BCUT2D eigenvalue weighted by atomic mass is 9.69. The first-order valence-electron chi connectivity index (χ1n) is 14.1. The topological polar surface area (TPSA) is 66.6 Å². The van der Waals surface area contributed by atoms with Crippen molar-refractivity contribution in [2.75, 3.05) is 6.61 Å². The lowest BCUT2D eigenvalue weighted by molar-refractivity contribution is -0.614. The molecule has 6 rings (SSSR count). The van der Waals surface area contributed by atoms with Crippen molar-refractivity contribution in [3.63, 3.8) is 0 Å². The van der Waals surface area contributed by atoms with Crippen LogP contribution in [0.25, 0.3) is 0 Å². The van der Waals surface area contributed by atoms with E-state index in [2.05, 4.69) is 24.1 Å². The van der Waals surface area contributed by atoms with E-state index in [-0.39, 0.29) is 33.1 Å². The summed E-state index contributed by atoms with van der Waals surface area (Å²) in [5, 5.41) is 0.867. The molecule has 42 heavy (non-hydrogen) atoms. The molecule has 2 aliphatic heterocycles. The minimum Gasteiger partial charge on any atom is -0.441 e. The number of aryl methyl sites for hydroxylation is 1. The number of hydrogen-bond donors (Lipinski definition) is 1. The van der Waals surface area contributed by atoms with E-state index in [4.69, 9.17) is 32.5 Å². The summed E-state index contributed by atoms with van der Waals surface area (Å²) in [4.78, 5) is -0.0666. The molecule has 3 aromatic rings. The van der Waals surface area contributed by atoms with Gasteiger partial charge in [0, 0.05) is 16.5 Å². The SMILES string of the molecule is C=CC[C@@]1(C)C[C@H](c2cccc(Cl)c2)[C@@H](c2ccc(Cl)c(F)c2)[N+]2=C1OC[C@@H]2C1CC1.Cc1ccc(S(=O)(=O)O)cc1. The van der Waals surface area contributed by atoms with Crippen LogP contribution in [0.1, 0.15) is 61.3 Å². The van der Waals surface area contributed by atoms with Gasteiger partial charge in [0.15, 0.2) is 18.7 Å². The maximum Gasteiger partial charge on any atom is 0.343 e. The van der Waals surface area contributed by atoms with Gasteiger partial charge in [-0.3, -0.25) is 4.55 Å². The van der Waals surface area contributed by atoms with Gasteiger partial charge < -0.3 is 4.74 Å². The lowest BCUT2D eigenvalue weighted by Crippen LogP contribution is -2.46. The number of halogens is 3. The molecule has 0 saturated heterocycles. The number of hydrogen-bond acceptors (Lipinski definition) is 3. The molecule has 0 radical (unpaired) electrons. The number of benzene rings is 3. The smallest absolute Gasteiger partial charge is 0.343 e. The van der Waals surface area contributed by atoms with E-state index in [9.17, 15) is 12.8 Å². The van der Waals surface area contributed by atoms with Crippen molar-refractivity contribution < 1.29 is 26.7 Å². The predicted octanol–water partition coefficient (Wildman–Crippen LogP) is 8.41. The maximum atomic E-state index is 14.6. The lowest BCUT2D eigenvalue weighted by Gasteiger charge is -2.38. The Hall–Kier alpha value is -2.71. The Kier molecular flexibility index (Phi) is 8.87. The third kappa shape index (κ3) is 6.45. The van der Waals surface area contributed by atoms with Gasteiger partial charge in [-0.25, -0.2) is 4.39 Å². The third-order valence-corrected chi connectivity index (χ3v) is 9.90. The molecule has 1 fully saturated rings. The number of allylic oxidation sites excluding steroid dienone is 1. The van der Waals surface area contributed by atoms with Crippen LogP contribution in [0.5, 0.6) is 0 Å². The molecule has 0 bridgehead atoms. The molecule has 4 atom stereocenters. The van der Waals surface area contributed by atoms with Crippen LogP contribution < -0.4 is 0 Å². The molecule has 0 unspecified atom stereocenters. The van der Waals surface area contributed by atoms with Gasteiger partial charge in [0.05, 0.1) is 21.3 Å². The Balaban J connectivity index is 0.000000271. The summed E-state index contributed by atoms with van der Waals surface area (Å²) in [6.07, 6.45) is 6.13. The van der Waals surface area contributed by atoms with E-state index >= 15 is 0 Å². The summed E-state index contributed by atoms with van der Waals surface area (Å²) in [7, 11) is -4.02. The van der Waals surface area contributed by atoms with Gasteiger partial charge in [-0.2, -0.15) is 13.0 Å². The van der Waals surface area contributed by atoms with Crippen LogP contribution >= 0.6 is 23.2 Å². The molecule has 1 aliphatic carbocycles. The van der Waals surface area contributed by atoms with Crippen LogP contribution in [-0.4, -0.2) is 36.1 Å². The monoisotopic (exact) mass is 630 g/mol. The van der Waals surface area contributed by atoms with E-state index in [1.807, 2.05) is 37.3 Å². The fourth-order valence-corrected chi connectivity index (χ4v) is 7.13. The molecule has 1 saturated carbocycles. The van der Waals surface area contributed by atoms with Crippen molar-refractivity contribution in [3.8, 4) is 0 Å². The van der Waals surface area contributed by atoms with E-state index in [0.717, 1.165) is 34.9 Å². The standard InChI is InChI=1S/C26H27Cl2FNO.C7H8O3S/c1-3-11-26(2)14-20(17-5-4-6-19(27)12-17)24(18-9-10-21(28)22(29)13-18)30-23(16-7-8-16)15-31-25(26)30;1-6-2-4-7(5-3-6)11(8,9)10/h3-6,9-10,12-13,16,20,23-24H,1,7-8,11,14-15H2,2H3;2-5H,1H3,(H,8,9,10)/q+1;/t20-,23-,24-,26+;/m1./s1. The van der Waals surface area contributed by atoms with E-state index in [1.165, 1.54) is 30.5 Å². The normalized spacial score (nSPS) is 25.2. The highest BCUT2D eigenvalue weighted by atomic mass is 35.5. The zero-order valence-corrected chi connectivity index (χ0v) is 26.0. The van der Waals surface area contributed by atoms with E-state index in [0.29, 0.717) is 18.6 Å². The van der Waals surface area contributed by atoms with Crippen LogP contribution in [0.3, 0.4) is 0 Å². The molecule has 1 N–H and O–H groups in total. The van der Waals surface area contributed by atoms with Crippen LogP contribution in [-0.2, 0) is 14.9 Å². The van der Waals surface area contributed by atoms with Crippen molar-refractivity contribution in [1.29, 1.82) is 0 Å². The second-order valence-electron chi connectivity index (χ2n) is 11.8. The number of nitrogens with zero attached hydrogens (tertiary/aromatic N) is 1. The molecule has 5 nitrogen and oxygen atoms in total. The van der Waals surface area contributed by atoms with Crippen LogP contribution in [0.15, 0.2) is 84.3 Å². The molecule has 3 aliphatic rings. The van der Waals surface area contributed by atoms with Crippen molar-refractivity contribution in [2.45, 2.75) is 62.4 Å². The van der Waals surface area contributed by atoms with Crippen LogP contribution in [0.2, 0.25) is 10.0 Å². The molecule has 3 aromatic carbocycles. The molecule has 0 aromatic heterocycles. The first-order chi connectivity index (χ1) is 19.9. The fourth-order valence-electron chi connectivity index (χ4n) is 6.34. The predicted molar refractivity (Wildman–Crippen MR) is 165 cm³/mol. The molecular weight excluding hydrogens is 596 g/mol. The Morgan fingerprint density at radius 3 is 2.40 bits per heavy atom. The van der Waals surface area contributed by atoms with Crippen molar-refractivity contribution in [3.05, 3.63) is 112 Å². The minimum absolute atomic E-state index is 0.0359. The van der Waals surface area contributed by atoms with Crippen molar-refractivity contribution in [1.82, 2.24) is 0 Å². The average Bonchev–Trinajstić information content (AvgIpc) is 3.68. The molecule has 9 heteroatoms. The largest absolute Gasteiger partial charge is 0.441 e. The van der Waals surface area contributed by atoms with Crippen LogP contribution in [0.4, 0.5) is 4.39 Å². The Labute approximate surface area is 257 Å². The first-order valence-corrected chi connectivity index (χ1v) is 16.2. The van der Waals surface area contributed by atoms with Crippen molar-refractivity contribution in [2.24, 2.45) is 11.3 Å². The second-order valence-corrected chi connectivity index (χ2v) is 14.0. The highest BCUT2D eigenvalue weighted by molar-refractivity contribution is 7.85. The highest BCUT2D eigenvalue weighted by Crippen LogP contribution is 2.53. The van der Waals surface area contributed by atoms with E-state index < -0.39 is 10.1 Å². The Bertz CT molecular complexity index is 1620. The van der Waals surface area contributed by atoms with Gasteiger partial charge in [0.2, 0.25) is 0 Å². The number of rotatable bonds is 6. The number of ether oxygens (including phenoxy) is 1. The quantitative estimate of drug-likeness (QED) is 0.169. The maximum absolute atomic E-state index is 14.6. The van der Waals surface area contributed by atoms with Gasteiger partial charge in [-0.05, 0) is 81.5 Å². The van der Waals surface area contributed by atoms with Gasteiger partial charge >= 0.3 is 5.90 Å².